The van der Waals surface area contributed by atoms with Gasteiger partial charge < -0.3 is 20.7 Å². The number of halogens is 1. The first-order chi connectivity index (χ1) is 11.0. The topological polar surface area (TPSA) is 77.2 Å². The number of carbonyl (C=O) groups excluding carboxylic acids is 1. The number of amides is 2. The van der Waals surface area contributed by atoms with Crippen molar-refractivity contribution in [3.63, 3.8) is 0 Å². The first-order valence-corrected chi connectivity index (χ1v) is 7.90. The van der Waals surface area contributed by atoms with E-state index in [1.54, 1.807) is 6.07 Å². The molecule has 0 saturated carbocycles. The number of carbonyl (C=O) groups is 1. The fourth-order valence-corrected chi connectivity index (χ4v) is 2.57. The van der Waals surface area contributed by atoms with Gasteiger partial charge in [0.2, 0.25) is 0 Å². The van der Waals surface area contributed by atoms with Crippen molar-refractivity contribution in [1.82, 2.24) is 15.6 Å². The normalized spacial score (nSPS) is 13.7. The van der Waals surface area contributed by atoms with Gasteiger partial charge in [-0.2, -0.15) is 0 Å². The van der Waals surface area contributed by atoms with Crippen molar-refractivity contribution in [3.8, 4) is 0 Å². The zero-order valence-electron chi connectivity index (χ0n) is 13.6. The lowest BCUT2D eigenvalue weighted by Gasteiger charge is -2.29. The van der Waals surface area contributed by atoms with Crippen molar-refractivity contribution in [1.29, 1.82) is 0 Å². The highest BCUT2D eigenvalue weighted by Gasteiger charge is 2.23. The Morgan fingerprint density at radius 2 is 2.22 bits per heavy atom. The van der Waals surface area contributed by atoms with Crippen LogP contribution in [0.15, 0.2) is 24.4 Å². The average molecular weight is 321 g/mol. The Kier molecular flexibility index (Phi) is 5.60. The maximum absolute atomic E-state index is 13.2. The van der Waals surface area contributed by atoms with Crippen molar-refractivity contribution in [2.24, 2.45) is 0 Å². The highest BCUT2D eigenvalue weighted by Crippen LogP contribution is 2.19. The van der Waals surface area contributed by atoms with Crippen LogP contribution < -0.4 is 10.6 Å². The van der Waals surface area contributed by atoms with Gasteiger partial charge in [-0.3, -0.25) is 0 Å². The van der Waals surface area contributed by atoms with E-state index < -0.39 is 5.54 Å². The molecular weight excluding hydrogens is 297 g/mol. The second-order valence-electron chi connectivity index (χ2n) is 6.02. The highest BCUT2D eigenvalue weighted by molar-refractivity contribution is 5.83. The fraction of sp³-hybridized carbons (Fsp3) is 0.471. The zero-order chi connectivity index (χ0) is 16.9. The Bertz CT molecular complexity index is 671. The molecule has 2 rings (SSSR count). The van der Waals surface area contributed by atoms with Gasteiger partial charge in [0.05, 0.1) is 0 Å². The van der Waals surface area contributed by atoms with Gasteiger partial charge in [-0.05, 0) is 49.9 Å². The summed E-state index contributed by atoms with van der Waals surface area (Å²) in [6.07, 6.45) is 3.76. The van der Waals surface area contributed by atoms with Crippen molar-refractivity contribution < 1.29 is 14.3 Å². The summed E-state index contributed by atoms with van der Waals surface area (Å²) >= 11 is 0. The van der Waals surface area contributed by atoms with E-state index >= 15 is 0 Å². The number of hydrogen-bond donors (Lipinski definition) is 4. The van der Waals surface area contributed by atoms with E-state index in [-0.39, 0.29) is 18.5 Å². The highest BCUT2D eigenvalue weighted by atomic mass is 19.1. The number of H-pyrrole nitrogens is 1. The van der Waals surface area contributed by atoms with Crippen LogP contribution in [-0.4, -0.2) is 34.8 Å². The minimum Gasteiger partial charge on any atom is -0.396 e. The summed E-state index contributed by atoms with van der Waals surface area (Å²) in [5, 5.41) is 15.8. The lowest BCUT2D eigenvalue weighted by molar-refractivity contribution is 0.201. The van der Waals surface area contributed by atoms with Gasteiger partial charge in [-0.1, -0.05) is 6.92 Å². The van der Waals surface area contributed by atoms with Crippen LogP contribution in [0.3, 0.4) is 0 Å². The van der Waals surface area contributed by atoms with Gasteiger partial charge in [0, 0.05) is 35.8 Å². The third-order valence-corrected chi connectivity index (χ3v) is 4.27. The molecule has 0 aliphatic rings. The largest absolute Gasteiger partial charge is 0.396 e. The van der Waals surface area contributed by atoms with Crippen LogP contribution >= 0.6 is 0 Å². The lowest BCUT2D eigenvalue weighted by atomic mass is 9.95. The molecule has 0 spiro atoms. The third kappa shape index (κ3) is 4.45. The van der Waals surface area contributed by atoms with E-state index in [0.717, 1.165) is 22.9 Å². The van der Waals surface area contributed by atoms with Crippen molar-refractivity contribution in [2.45, 2.75) is 38.6 Å². The zero-order valence-corrected chi connectivity index (χ0v) is 13.6. The maximum atomic E-state index is 13.2. The molecular formula is C17H24FN3O2. The molecule has 1 atom stereocenters. The predicted molar refractivity (Wildman–Crippen MR) is 88.9 cm³/mol. The number of aliphatic hydroxyl groups excluding tert-OH is 1. The number of aromatic amines is 1. The number of benzene rings is 1. The Balaban J connectivity index is 1.87. The molecule has 4 N–H and O–H groups in total. The van der Waals surface area contributed by atoms with Gasteiger partial charge in [0.15, 0.2) is 0 Å². The van der Waals surface area contributed by atoms with Crippen LogP contribution in [0.2, 0.25) is 0 Å². The van der Waals surface area contributed by atoms with E-state index in [2.05, 4.69) is 15.6 Å². The number of fused-ring (bicyclic) bond motifs is 1. The SMILES string of the molecule is CCC(C)(CCO)NC(=O)NCCc1c[nH]c2cc(F)ccc12. The van der Waals surface area contributed by atoms with Gasteiger partial charge >= 0.3 is 6.03 Å². The molecule has 0 fully saturated rings. The molecule has 0 saturated heterocycles. The summed E-state index contributed by atoms with van der Waals surface area (Å²) in [5.74, 6) is -0.272. The quantitative estimate of drug-likeness (QED) is 0.633. The van der Waals surface area contributed by atoms with Crippen molar-refractivity contribution in [3.05, 3.63) is 35.8 Å². The molecule has 126 valence electrons. The monoisotopic (exact) mass is 321 g/mol. The standard InChI is InChI=1S/C17H24FN3O2/c1-3-17(2,7-9-22)21-16(23)19-8-6-12-11-20-15-10-13(18)4-5-14(12)15/h4-5,10-11,20,22H,3,6-9H2,1-2H3,(H2,19,21,23). The molecule has 6 heteroatoms. The number of hydrogen-bond acceptors (Lipinski definition) is 2. The maximum Gasteiger partial charge on any atom is 0.315 e. The summed E-state index contributed by atoms with van der Waals surface area (Å²) in [5.41, 5.74) is 1.39. The molecule has 0 aliphatic heterocycles. The summed E-state index contributed by atoms with van der Waals surface area (Å²) in [7, 11) is 0. The van der Waals surface area contributed by atoms with Crippen LogP contribution in [0.25, 0.3) is 10.9 Å². The smallest absolute Gasteiger partial charge is 0.315 e. The van der Waals surface area contributed by atoms with E-state index in [1.807, 2.05) is 20.0 Å². The molecule has 0 aliphatic carbocycles. The predicted octanol–water partition coefficient (Wildman–Crippen LogP) is 2.70. The van der Waals surface area contributed by atoms with Gasteiger partial charge in [0.1, 0.15) is 5.82 Å². The van der Waals surface area contributed by atoms with Crippen LogP contribution in [0.4, 0.5) is 9.18 Å². The van der Waals surface area contributed by atoms with Crippen LogP contribution in [0, 0.1) is 5.82 Å². The van der Waals surface area contributed by atoms with Gasteiger partial charge in [-0.25, -0.2) is 9.18 Å². The van der Waals surface area contributed by atoms with E-state index in [0.29, 0.717) is 19.4 Å². The van der Waals surface area contributed by atoms with E-state index in [1.165, 1.54) is 12.1 Å². The molecule has 0 bridgehead atoms. The summed E-state index contributed by atoms with van der Waals surface area (Å²) in [6.45, 7) is 4.41. The lowest BCUT2D eigenvalue weighted by Crippen LogP contribution is -2.50. The molecule has 1 heterocycles. The second kappa shape index (κ2) is 7.46. The van der Waals surface area contributed by atoms with Gasteiger partial charge in [0.25, 0.3) is 0 Å². The molecule has 23 heavy (non-hydrogen) atoms. The van der Waals surface area contributed by atoms with Crippen LogP contribution in [0.5, 0.6) is 0 Å². The van der Waals surface area contributed by atoms with Crippen molar-refractivity contribution in [2.75, 3.05) is 13.2 Å². The van der Waals surface area contributed by atoms with Gasteiger partial charge in [-0.15, -0.1) is 0 Å². The van der Waals surface area contributed by atoms with E-state index in [4.69, 9.17) is 5.11 Å². The Morgan fingerprint density at radius 3 is 2.91 bits per heavy atom. The Labute approximate surface area is 135 Å². The number of nitrogens with one attached hydrogen (secondary N) is 3. The van der Waals surface area contributed by atoms with Crippen LogP contribution in [-0.2, 0) is 6.42 Å². The fourth-order valence-electron chi connectivity index (χ4n) is 2.57. The molecule has 0 radical (unpaired) electrons. The minimum absolute atomic E-state index is 0.0382. The molecule has 5 nitrogen and oxygen atoms in total. The molecule has 2 amide bonds. The molecule has 1 aromatic heterocycles. The Morgan fingerprint density at radius 1 is 1.43 bits per heavy atom. The summed E-state index contributed by atoms with van der Waals surface area (Å²) in [4.78, 5) is 15.0. The molecule has 2 aromatic rings. The average Bonchev–Trinajstić information content (AvgIpc) is 2.89. The number of rotatable bonds is 7. The first-order valence-electron chi connectivity index (χ1n) is 7.90. The van der Waals surface area contributed by atoms with Crippen LogP contribution in [0.1, 0.15) is 32.3 Å². The van der Waals surface area contributed by atoms with E-state index in [9.17, 15) is 9.18 Å². The van der Waals surface area contributed by atoms with Crippen molar-refractivity contribution >= 4 is 16.9 Å². The first kappa shape index (κ1) is 17.3. The summed E-state index contributed by atoms with van der Waals surface area (Å²) < 4.78 is 13.2. The summed E-state index contributed by atoms with van der Waals surface area (Å²) in [6, 6.07) is 4.39. The number of aromatic nitrogens is 1. The molecule has 1 unspecified atom stereocenters. The minimum atomic E-state index is -0.406. The number of aliphatic hydroxyl groups is 1. The number of urea groups is 1. The Hall–Kier alpha value is -2.08. The molecule has 1 aromatic carbocycles. The second-order valence-corrected chi connectivity index (χ2v) is 6.02. The third-order valence-electron chi connectivity index (χ3n) is 4.27.